The van der Waals surface area contributed by atoms with Crippen LogP contribution in [0.1, 0.15) is 20.3 Å². The Balaban J connectivity index is 2.87. The molecule has 0 spiro atoms. The molecule has 0 aromatic heterocycles. The van der Waals surface area contributed by atoms with Crippen molar-refractivity contribution in [2.24, 2.45) is 5.73 Å². The van der Waals surface area contributed by atoms with Crippen LogP contribution in [-0.4, -0.2) is 48.8 Å². The fraction of sp³-hybridized carbons (Fsp3) is 0.889. The van der Waals surface area contributed by atoms with Crippen LogP contribution in [0.5, 0.6) is 0 Å². The van der Waals surface area contributed by atoms with Crippen LogP contribution in [-0.2, 0) is 14.8 Å². The molecule has 7 heteroatoms. The molecule has 1 heterocycles. The van der Waals surface area contributed by atoms with Crippen molar-refractivity contribution in [3.63, 3.8) is 0 Å². The van der Waals surface area contributed by atoms with Gasteiger partial charge in [0.05, 0.1) is 17.1 Å². The van der Waals surface area contributed by atoms with Crippen LogP contribution in [0, 0.1) is 0 Å². The Bertz CT molecular complexity index is 369. The van der Waals surface area contributed by atoms with E-state index in [1.165, 1.54) is 11.2 Å². The maximum absolute atomic E-state index is 12.1. The number of likely N-dealkylation sites (N-methyl/N-ethyl adjacent to an activating group) is 1. The van der Waals surface area contributed by atoms with Crippen LogP contribution in [0.2, 0.25) is 0 Å². The second kappa shape index (κ2) is 4.95. The zero-order valence-electron chi connectivity index (χ0n) is 9.71. The summed E-state index contributed by atoms with van der Waals surface area (Å²) >= 11 is 4.73. The smallest absolute Gasteiger partial charge is 0.223 e. The normalized spacial score (nSPS) is 28.2. The summed E-state index contributed by atoms with van der Waals surface area (Å²) in [6.07, 6.45) is 0.624. The molecule has 0 aliphatic carbocycles. The van der Waals surface area contributed by atoms with Crippen LogP contribution >= 0.6 is 12.2 Å². The number of nitrogens with two attached hydrogens (primary N) is 1. The minimum Gasteiger partial charge on any atom is -0.392 e. The van der Waals surface area contributed by atoms with Gasteiger partial charge in [-0.05, 0) is 20.3 Å². The number of ether oxygens (including phenoxy) is 1. The van der Waals surface area contributed by atoms with E-state index in [1.54, 1.807) is 7.05 Å². The van der Waals surface area contributed by atoms with Crippen LogP contribution in [0.25, 0.3) is 0 Å². The van der Waals surface area contributed by atoms with Gasteiger partial charge < -0.3 is 10.5 Å². The molecule has 5 nitrogen and oxygen atoms in total. The number of rotatable bonds is 4. The fourth-order valence-corrected chi connectivity index (χ4v) is 3.59. The average molecular weight is 266 g/mol. The van der Waals surface area contributed by atoms with Crippen molar-refractivity contribution in [1.29, 1.82) is 0 Å². The maximum Gasteiger partial charge on any atom is 0.223 e. The number of hydrogen-bond acceptors (Lipinski definition) is 4. The van der Waals surface area contributed by atoms with Crippen molar-refractivity contribution < 1.29 is 13.2 Å². The number of sulfonamides is 1. The SMILES string of the molecule is CC1OCCC1N(C)S(=O)(=O)C(C)C(N)=S. The fourth-order valence-electron chi connectivity index (χ4n) is 1.78. The highest BCUT2D eigenvalue weighted by Gasteiger charge is 2.37. The summed E-state index contributed by atoms with van der Waals surface area (Å²) in [5.74, 6) is 0. The van der Waals surface area contributed by atoms with Crippen molar-refractivity contribution in [3.05, 3.63) is 0 Å². The highest BCUT2D eigenvalue weighted by atomic mass is 32.2. The highest BCUT2D eigenvalue weighted by Crippen LogP contribution is 2.22. The van der Waals surface area contributed by atoms with Crippen molar-refractivity contribution in [2.75, 3.05) is 13.7 Å². The van der Waals surface area contributed by atoms with Crippen LogP contribution < -0.4 is 5.73 Å². The molecule has 1 aliphatic heterocycles. The van der Waals surface area contributed by atoms with E-state index in [0.29, 0.717) is 13.0 Å². The van der Waals surface area contributed by atoms with E-state index in [2.05, 4.69) is 0 Å². The zero-order valence-corrected chi connectivity index (χ0v) is 11.3. The third-order valence-electron chi connectivity index (χ3n) is 3.05. The third-order valence-corrected chi connectivity index (χ3v) is 5.78. The van der Waals surface area contributed by atoms with E-state index in [1.807, 2.05) is 6.92 Å². The predicted octanol–water partition coefficient (Wildman–Crippen LogP) is 0.100. The molecule has 16 heavy (non-hydrogen) atoms. The molecule has 1 saturated heterocycles. The Hall–Kier alpha value is -0.240. The Morgan fingerprint density at radius 1 is 1.62 bits per heavy atom. The summed E-state index contributed by atoms with van der Waals surface area (Å²) in [6, 6.07) is -0.123. The lowest BCUT2D eigenvalue weighted by Gasteiger charge is -2.28. The lowest BCUT2D eigenvalue weighted by Crippen LogP contribution is -2.47. The first kappa shape index (κ1) is 13.8. The molecule has 0 saturated carbocycles. The van der Waals surface area contributed by atoms with E-state index in [0.717, 1.165) is 0 Å². The van der Waals surface area contributed by atoms with Gasteiger partial charge >= 0.3 is 0 Å². The molecule has 0 aromatic carbocycles. The van der Waals surface area contributed by atoms with E-state index in [4.69, 9.17) is 22.7 Å². The lowest BCUT2D eigenvalue weighted by molar-refractivity contribution is 0.102. The first-order valence-electron chi connectivity index (χ1n) is 5.16. The van der Waals surface area contributed by atoms with Gasteiger partial charge in [0, 0.05) is 13.7 Å². The molecule has 3 unspecified atom stereocenters. The minimum absolute atomic E-state index is 0.00146. The van der Waals surface area contributed by atoms with Crippen LogP contribution in [0.4, 0.5) is 0 Å². The van der Waals surface area contributed by atoms with Gasteiger partial charge in [-0.3, -0.25) is 0 Å². The van der Waals surface area contributed by atoms with E-state index >= 15 is 0 Å². The second-order valence-electron chi connectivity index (χ2n) is 4.04. The van der Waals surface area contributed by atoms with Gasteiger partial charge in [0.25, 0.3) is 0 Å². The number of nitrogens with zero attached hydrogens (tertiary/aromatic N) is 1. The molecule has 94 valence electrons. The van der Waals surface area contributed by atoms with Crippen LogP contribution in [0.15, 0.2) is 0 Å². The zero-order chi connectivity index (χ0) is 12.5. The van der Waals surface area contributed by atoms with Gasteiger partial charge in [0.1, 0.15) is 5.25 Å². The van der Waals surface area contributed by atoms with Gasteiger partial charge in [-0.1, -0.05) is 12.2 Å². The van der Waals surface area contributed by atoms with Crippen molar-refractivity contribution in [1.82, 2.24) is 4.31 Å². The van der Waals surface area contributed by atoms with Gasteiger partial charge in [-0.15, -0.1) is 0 Å². The molecule has 1 rings (SSSR count). The maximum atomic E-state index is 12.1. The van der Waals surface area contributed by atoms with E-state index in [9.17, 15) is 8.42 Å². The standard InChI is InChI=1S/C9H18N2O3S2/c1-6-8(4-5-14-6)11(3)16(12,13)7(2)9(10)15/h6-8H,4-5H2,1-3H3,(H2,10,15). The van der Waals surface area contributed by atoms with Gasteiger partial charge in [-0.25, -0.2) is 8.42 Å². The third kappa shape index (κ3) is 2.53. The van der Waals surface area contributed by atoms with Crippen molar-refractivity contribution >= 4 is 27.2 Å². The first-order valence-corrected chi connectivity index (χ1v) is 7.07. The Morgan fingerprint density at radius 3 is 2.56 bits per heavy atom. The summed E-state index contributed by atoms with van der Waals surface area (Å²) in [7, 11) is -1.91. The molecule has 0 bridgehead atoms. The molecule has 1 fully saturated rings. The second-order valence-corrected chi connectivity index (χ2v) is 6.82. The molecule has 0 aromatic rings. The summed E-state index contributed by atoms with van der Waals surface area (Å²) in [5.41, 5.74) is 5.39. The summed E-state index contributed by atoms with van der Waals surface area (Å²) in [6.45, 7) is 3.97. The topological polar surface area (TPSA) is 72.6 Å². The molecule has 0 radical (unpaired) electrons. The summed E-state index contributed by atoms with van der Waals surface area (Å²) in [5, 5.41) is -0.833. The molecule has 3 atom stereocenters. The molecule has 0 amide bonds. The predicted molar refractivity (Wildman–Crippen MR) is 66.7 cm³/mol. The Morgan fingerprint density at radius 2 is 2.19 bits per heavy atom. The summed E-state index contributed by atoms with van der Waals surface area (Å²) < 4.78 is 30.9. The summed E-state index contributed by atoms with van der Waals surface area (Å²) in [4.78, 5) is -0.00146. The number of hydrogen-bond donors (Lipinski definition) is 1. The molecule has 2 N–H and O–H groups in total. The Kier molecular flexibility index (Phi) is 4.28. The quantitative estimate of drug-likeness (QED) is 0.731. The van der Waals surface area contributed by atoms with E-state index in [-0.39, 0.29) is 17.1 Å². The van der Waals surface area contributed by atoms with Gasteiger partial charge in [-0.2, -0.15) is 4.31 Å². The molecular weight excluding hydrogens is 248 g/mol. The largest absolute Gasteiger partial charge is 0.392 e. The van der Waals surface area contributed by atoms with Crippen LogP contribution in [0.3, 0.4) is 0 Å². The van der Waals surface area contributed by atoms with Gasteiger partial charge in [0.15, 0.2) is 0 Å². The monoisotopic (exact) mass is 266 g/mol. The molecular formula is C9H18N2O3S2. The average Bonchev–Trinajstić information content (AvgIpc) is 2.61. The van der Waals surface area contributed by atoms with Gasteiger partial charge in [0.2, 0.25) is 10.0 Å². The first-order chi connectivity index (χ1) is 7.28. The molecule has 1 aliphatic rings. The van der Waals surface area contributed by atoms with Crippen molar-refractivity contribution in [2.45, 2.75) is 37.7 Å². The lowest BCUT2D eigenvalue weighted by atomic mass is 10.2. The highest BCUT2D eigenvalue weighted by molar-refractivity contribution is 7.92. The van der Waals surface area contributed by atoms with E-state index < -0.39 is 15.3 Å². The number of thiocarbonyl (C=S) groups is 1. The minimum atomic E-state index is -3.47. The van der Waals surface area contributed by atoms with Crippen molar-refractivity contribution in [3.8, 4) is 0 Å². The Labute approximate surface area is 102 Å².